The van der Waals surface area contributed by atoms with Gasteiger partial charge < -0.3 is 15.2 Å². The van der Waals surface area contributed by atoms with Gasteiger partial charge in [0.25, 0.3) is 0 Å². The highest BCUT2D eigenvalue weighted by Crippen LogP contribution is 2.25. The first kappa shape index (κ1) is 11.3. The van der Waals surface area contributed by atoms with Gasteiger partial charge in [-0.1, -0.05) is 0 Å². The molecule has 0 spiro atoms. The van der Waals surface area contributed by atoms with E-state index in [1.165, 1.54) is 0 Å². The second-order valence-electron chi connectivity index (χ2n) is 4.67. The number of nitrogens with zero attached hydrogens (tertiary/aromatic N) is 5. The summed E-state index contributed by atoms with van der Waals surface area (Å²) in [6, 6.07) is 0. The number of rotatable bonds is 2. The van der Waals surface area contributed by atoms with E-state index in [4.69, 9.17) is 5.73 Å². The lowest BCUT2D eigenvalue weighted by atomic mass is 10.2. The number of aromatic nitrogens is 4. The lowest BCUT2D eigenvalue weighted by Gasteiger charge is -2.30. The maximum absolute atomic E-state index is 5.85. The first-order valence-electron chi connectivity index (χ1n) is 6.18. The third-order valence-corrected chi connectivity index (χ3v) is 3.56. The number of nitrogens with two attached hydrogens (primary N) is 1. The highest BCUT2D eigenvalue weighted by Gasteiger charge is 2.23. The quantitative estimate of drug-likeness (QED) is 0.833. The summed E-state index contributed by atoms with van der Waals surface area (Å²) in [5.74, 6) is 2.23. The molecule has 18 heavy (non-hydrogen) atoms. The van der Waals surface area contributed by atoms with Gasteiger partial charge in [0, 0.05) is 44.6 Å². The van der Waals surface area contributed by atoms with E-state index in [1.807, 2.05) is 31.0 Å². The molecular weight excluding hydrogens is 228 g/mol. The Labute approximate surface area is 106 Å². The van der Waals surface area contributed by atoms with E-state index < -0.39 is 0 Å². The lowest BCUT2D eigenvalue weighted by molar-refractivity contribution is 0.544. The lowest BCUT2D eigenvalue weighted by Crippen LogP contribution is -2.35. The molecule has 0 bridgehead atoms. The van der Waals surface area contributed by atoms with Gasteiger partial charge in [0.05, 0.1) is 12.2 Å². The summed E-state index contributed by atoms with van der Waals surface area (Å²) in [4.78, 5) is 6.69. The Morgan fingerprint density at radius 2 is 2.22 bits per heavy atom. The zero-order valence-electron chi connectivity index (χ0n) is 10.8. The van der Waals surface area contributed by atoms with Gasteiger partial charge in [0.2, 0.25) is 0 Å². The van der Waals surface area contributed by atoms with Crippen LogP contribution in [0.4, 0.5) is 5.82 Å². The molecule has 0 atom stereocenters. The Hall–Kier alpha value is -1.82. The first-order valence-corrected chi connectivity index (χ1v) is 6.18. The molecule has 0 amide bonds. The average Bonchev–Trinajstić information content (AvgIpc) is 2.91. The largest absolute Gasteiger partial charge is 0.347 e. The predicted molar refractivity (Wildman–Crippen MR) is 69.1 cm³/mol. The zero-order chi connectivity index (χ0) is 12.7. The fourth-order valence-corrected chi connectivity index (χ4v) is 2.68. The van der Waals surface area contributed by atoms with Crippen molar-refractivity contribution in [3.63, 3.8) is 0 Å². The third kappa shape index (κ3) is 1.60. The highest BCUT2D eigenvalue weighted by atomic mass is 15.4. The maximum atomic E-state index is 5.85. The van der Waals surface area contributed by atoms with Gasteiger partial charge >= 0.3 is 0 Å². The van der Waals surface area contributed by atoms with Gasteiger partial charge in [-0.3, -0.25) is 4.68 Å². The Morgan fingerprint density at radius 3 is 3.00 bits per heavy atom. The minimum absolute atomic E-state index is 0.528. The van der Waals surface area contributed by atoms with Crippen LogP contribution in [0.25, 0.3) is 0 Å². The SMILES string of the molecule is Cc1nn(C)c(N2CCn3ccnc3C2)c1CN. The smallest absolute Gasteiger partial charge is 0.131 e. The number of fused-ring (bicyclic) bond motifs is 1. The van der Waals surface area contributed by atoms with Crippen molar-refractivity contribution in [3.8, 4) is 0 Å². The van der Waals surface area contributed by atoms with Gasteiger partial charge in [-0.2, -0.15) is 5.10 Å². The summed E-state index contributed by atoms with van der Waals surface area (Å²) < 4.78 is 4.12. The summed E-state index contributed by atoms with van der Waals surface area (Å²) in [5, 5.41) is 4.47. The van der Waals surface area contributed by atoms with Crippen molar-refractivity contribution in [3.05, 3.63) is 29.5 Å². The van der Waals surface area contributed by atoms with Crippen LogP contribution >= 0.6 is 0 Å². The molecule has 2 N–H and O–H groups in total. The topological polar surface area (TPSA) is 64.9 Å². The fraction of sp³-hybridized carbons (Fsp3) is 0.500. The Kier molecular flexibility index (Phi) is 2.59. The van der Waals surface area contributed by atoms with Crippen molar-refractivity contribution in [1.82, 2.24) is 19.3 Å². The zero-order valence-corrected chi connectivity index (χ0v) is 10.8. The molecule has 0 unspecified atom stereocenters. The van der Waals surface area contributed by atoms with E-state index >= 15 is 0 Å². The van der Waals surface area contributed by atoms with E-state index in [0.717, 1.165) is 42.5 Å². The summed E-state index contributed by atoms with van der Waals surface area (Å²) >= 11 is 0. The Balaban J connectivity index is 1.97. The van der Waals surface area contributed by atoms with Gasteiger partial charge in [-0.05, 0) is 6.92 Å². The second-order valence-corrected chi connectivity index (χ2v) is 4.67. The second kappa shape index (κ2) is 4.13. The van der Waals surface area contributed by atoms with Crippen molar-refractivity contribution in [1.29, 1.82) is 0 Å². The standard InChI is InChI=1S/C12H18N6/c1-9-10(7-13)12(16(2)15-9)18-6-5-17-4-3-14-11(17)8-18/h3-4H,5-8,13H2,1-2H3. The molecule has 0 fully saturated rings. The number of anilines is 1. The van der Waals surface area contributed by atoms with E-state index in [0.29, 0.717) is 6.54 Å². The van der Waals surface area contributed by atoms with Gasteiger partial charge in [-0.15, -0.1) is 0 Å². The van der Waals surface area contributed by atoms with Crippen LogP contribution in [0.1, 0.15) is 17.1 Å². The average molecular weight is 246 g/mol. The summed E-state index contributed by atoms with van der Waals surface area (Å²) in [6.45, 7) is 5.29. The monoisotopic (exact) mass is 246 g/mol. The van der Waals surface area contributed by atoms with Gasteiger partial charge in [0.1, 0.15) is 11.6 Å². The summed E-state index contributed by atoms with van der Waals surface area (Å²) in [6.07, 6.45) is 3.89. The molecule has 2 aromatic heterocycles. The van der Waals surface area contributed by atoms with Crippen LogP contribution in [0.3, 0.4) is 0 Å². The van der Waals surface area contributed by atoms with E-state index in [9.17, 15) is 0 Å². The van der Waals surface area contributed by atoms with E-state index in [2.05, 4.69) is 19.5 Å². The molecule has 6 heteroatoms. The molecule has 1 aliphatic heterocycles. The van der Waals surface area contributed by atoms with E-state index in [-0.39, 0.29) is 0 Å². The molecular formula is C12H18N6. The predicted octanol–water partition coefficient (Wildman–Crippen LogP) is 0.404. The molecule has 3 rings (SSSR count). The highest BCUT2D eigenvalue weighted by molar-refractivity contribution is 5.50. The van der Waals surface area contributed by atoms with E-state index in [1.54, 1.807) is 0 Å². The van der Waals surface area contributed by atoms with Crippen LogP contribution in [0.2, 0.25) is 0 Å². The van der Waals surface area contributed by atoms with Crippen molar-refractivity contribution in [2.75, 3.05) is 11.4 Å². The van der Waals surface area contributed by atoms with Crippen molar-refractivity contribution in [2.24, 2.45) is 12.8 Å². The van der Waals surface area contributed by atoms with Gasteiger partial charge in [0.15, 0.2) is 0 Å². The van der Waals surface area contributed by atoms with Crippen LogP contribution in [0, 0.1) is 6.92 Å². The van der Waals surface area contributed by atoms with Crippen molar-refractivity contribution < 1.29 is 0 Å². The number of hydrogen-bond acceptors (Lipinski definition) is 4. The van der Waals surface area contributed by atoms with Crippen LogP contribution < -0.4 is 10.6 Å². The molecule has 1 aliphatic rings. The van der Waals surface area contributed by atoms with Crippen LogP contribution in [-0.2, 0) is 26.7 Å². The number of aryl methyl sites for hydroxylation is 2. The minimum Gasteiger partial charge on any atom is -0.347 e. The first-order chi connectivity index (χ1) is 8.70. The van der Waals surface area contributed by atoms with Crippen molar-refractivity contribution in [2.45, 2.75) is 26.6 Å². The fourth-order valence-electron chi connectivity index (χ4n) is 2.68. The maximum Gasteiger partial charge on any atom is 0.131 e. The molecule has 96 valence electrons. The van der Waals surface area contributed by atoms with Gasteiger partial charge in [-0.25, -0.2) is 4.98 Å². The normalized spacial score (nSPS) is 14.9. The molecule has 0 saturated heterocycles. The van der Waals surface area contributed by atoms with Crippen molar-refractivity contribution >= 4 is 5.82 Å². The minimum atomic E-state index is 0.528. The number of hydrogen-bond donors (Lipinski definition) is 1. The third-order valence-electron chi connectivity index (χ3n) is 3.56. The molecule has 3 heterocycles. The molecule has 0 radical (unpaired) electrons. The molecule has 0 aromatic carbocycles. The summed E-state index contributed by atoms with van der Waals surface area (Å²) in [7, 11) is 1.97. The molecule has 2 aromatic rings. The van der Waals surface area contributed by atoms with Crippen LogP contribution in [-0.4, -0.2) is 25.9 Å². The van der Waals surface area contributed by atoms with Crippen LogP contribution in [0.15, 0.2) is 12.4 Å². The molecule has 0 saturated carbocycles. The van der Waals surface area contributed by atoms with Crippen LogP contribution in [0.5, 0.6) is 0 Å². The summed E-state index contributed by atoms with van der Waals surface area (Å²) in [5.41, 5.74) is 8.00. The molecule has 6 nitrogen and oxygen atoms in total. The molecule has 0 aliphatic carbocycles. The Bertz CT molecular complexity index is 567. The Morgan fingerprint density at radius 1 is 1.39 bits per heavy atom. The number of imidazole rings is 1.